The predicted molar refractivity (Wildman–Crippen MR) is 69.3 cm³/mol. The maximum Gasteiger partial charge on any atom is 0.124 e. The summed E-state index contributed by atoms with van der Waals surface area (Å²) in [5, 5.41) is 0. The standard InChI is InChI=1S/C13H17BrFNO/c14-12-7-11(15)4-3-9(12)6-13(16)10-2-1-5-17-8-10/h3-4,7,10,13H,1-2,5-6,8,16H2. The van der Waals surface area contributed by atoms with Crippen molar-refractivity contribution in [2.45, 2.75) is 25.3 Å². The van der Waals surface area contributed by atoms with E-state index >= 15 is 0 Å². The normalized spacial score (nSPS) is 22.4. The van der Waals surface area contributed by atoms with Gasteiger partial charge in [0.2, 0.25) is 0 Å². The van der Waals surface area contributed by atoms with Gasteiger partial charge in [0.1, 0.15) is 5.82 Å². The molecule has 1 aliphatic heterocycles. The van der Waals surface area contributed by atoms with E-state index in [2.05, 4.69) is 15.9 Å². The molecule has 2 unspecified atom stereocenters. The van der Waals surface area contributed by atoms with E-state index in [0.717, 1.165) is 42.5 Å². The van der Waals surface area contributed by atoms with E-state index in [1.54, 1.807) is 6.07 Å². The second kappa shape index (κ2) is 5.94. The Labute approximate surface area is 109 Å². The van der Waals surface area contributed by atoms with Crippen LogP contribution in [0.5, 0.6) is 0 Å². The third-order valence-electron chi connectivity index (χ3n) is 3.27. The van der Waals surface area contributed by atoms with Crippen LogP contribution in [0.25, 0.3) is 0 Å². The summed E-state index contributed by atoms with van der Waals surface area (Å²) in [5.74, 6) is 0.191. The highest BCUT2D eigenvalue weighted by Crippen LogP contribution is 2.23. The van der Waals surface area contributed by atoms with Gasteiger partial charge in [0.05, 0.1) is 6.61 Å². The van der Waals surface area contributed by atoms with Crippen LogP contribution in [-0.2, 0) is 11.2 Å². The van der Waals surface area contributed by atoms with E-state index in [1.807, 2.05) is 0 Å². The Morgan fingerprint density at radius 2 is 2.35 bits per heavy atom. The molecule has 2 N–H and O–H groups in total. The lowest BCUT2D eigenvalue weighted by Crippen LogP contribution is -2.37. The van der Waals surface area contributed by atoms with Crippen LogP contribution in [-0.4, -0.2) is 19.3 Å². The summed E-state index contributed by atoms with van der Waals surface area (Å²) in [7, 11) is 0. The Kier molecular flexibility index (Phi) is 4.54. The summed E-state index contributed by atoms with van der Waals surface area (Å²) >= 11 is 3.37. The molecule has 94 valence electrons. The van der Waals surface area contributed by atoms with Crippen LogP contribution in [0.1, 0.15) is 18.4 Å². The van der Waals surface area contributed by atoms with Gasteiger partial charge in [-0.1, -0.05) is 22.0 Å². The molecule has 2 nitrogen and oxygen atoms in total. The first-order valence-electron chi connectivity index (χ1n) is 5.94. The van der Waals surface area contributed by atoms with Crippen LogP contribution < -0.4 is 5.73 Å². The molecule has 4 heteroatoms. The topological polar surface area (TPSA) is 35.2 Å². The Balaban J connectivity index is 1.99. The highest BCUT2D eigenvalue weighted by molar-refractivity contribution is 9.10. The molecule has 0 saturated carbocycles. The third-order valence-corrected chi connectivity index (χ3v) is 4.01. The van der Waals surface area contributed by atoms with Crippen LogP contribution in [0, 0.1) is 11.7 Å². The van der Waals surface area contributed by atoms with Gasteiger partial charge in [-0.3, -0.25) is 0 Å². The molecule has 1 fully saturated rings. The van der Waals surface area contributed by atoms with E-state index in [4.69, 9.17) is 10.5 Å². The monoisotopic (exact) mass is 301 g/mol. The molecular weight excluding hydrogens is 285 g/mol. The molecule has 1 aliphatic rings. The Hall–Kier alpha value is -0.450. The lowest BCUT2D eigenvalue weighted by Gasteiger charge is -2.27. The van der Waals surface area contributed by atoms with Crippen molar-refractivity contribution in [2.75, 3.05) is 13.2 Å². The SMILES string of the molecule is NC(Cc1ccc(F)cc1Br)C1CCCOC1. The fourth-order valence-corrected chi connectivity index (χ4v) is 2.72. The van der Waals surface area contributed by atoms with E-state index < -0.39 is 0 Å². The van der Waals surface area contributed by atoms with Gasteiger partial charge in [-0.15, -0.1) is 0 Å². The molecule has 0 spiro atoms. The number of hydrogen-bond donors (Lipinski definition) is 1. The van der Waals surface area contributed by atoms with Gasteiger partial charge < -0.3 is 10.5 Å². The fraction of sp³-hybridized carbons (Fsp3) is 0.538. The third kappa shape index (κ3) is 3.50. The molecular formula is C13H17BrFNO. The van der Waals surface area contributed by atoms with Crippen molar-refractivity contribution in [1.29, 1.82) is 0 Å². The highest BCUT2D eigenvalue weighted by atomic mass is 79.9. The molecule has 1 aromatic rings. The Morgan fingerprint density at radius 1 is 1.53 bits per heavy atom. The zero-order valence-electron chi connectivity index (χ0n) is 9.66. The van der Waals surface area contributed by atoms with E-state index in [9.17, 15) is 4.39 Å². The van der Waals surface area contributed by atoms with Gasteiger partial charge in [0, 0.05) is 17.1 Å². The molecule has 0 radical (unpaired) electrons. The first-order valence-corrected chi connectivity index (χ1v) is 6.73. The lowest BCUT2D eigenvalue weighted by atomic mass is 9.90. The van der Waals surface area contributed by atoms with Gasteiger partial charge in [0.25, 0.3) is 0 Å². The summed E-state index contributed by atoms with van der Waals surface area (Å²) in [6, 6.07) is 4.84. The Bertz CT molecular complexity index is 380. The number of rotatable bonds is 3. The average Bonchev–Trinajstić information content (AvgIpc) is 2.34. The fourth-order valence-electron chi connectivity index (χ4n) is 2.21. The molecule has 17 heavy (non-hydrogen) atoms. The first-order chi connectivity index (χ1) is 8.16. The predicted octanol–water partition coefficient (Wildman–Crippen LogP) is 2.88. The van der Waals surface area contributed by atoms with Crippen molar-refractivity contribution >= 4 is 15.9 Å². The minimum Gasteiger partial charge on any atom is -0.381 e. The number of ether oxygens (including phenoxy) is 1. The minimum absolute atomic E-state index is 0.0806. The molecule has 0 amide bonds. The minimum atomic E-state index is -0.227. The smallest absolute Gasteiger partial charge is 0.124 e. The van der Waals surface area contributed by atoms with Crippen LogP contribution >= 0.6 is 15.9 Å². The van der Waals surface area contributed by atoms with Gasteiger partial charge in [0.15, 0.2) is 0 Å². The maximum absolute atomic E-state index is 13.0. The van der Waals surface area contributed by atoms with Crippen LogP contribution in [0.15, 0.2) is 22.7 Å². The summed E-state index contributed by atoms with van der Waals surface area (Å²) < 4.78 is 19.2. The van der Waals surface area contributed by atoms with E-state index in [-0.39, 0.29) is 11.9 Å². The maximum atomic E-state index is 13.0. The van der Waals surface area contributed by atoms with Crippen molar-refractivity contribution in [3.05, 3.63) is 34.1 Å². The summed E-state index contributed by atoms with van der Waals surface area (Å²) in [4.78, 5) is 0. The summed E-state index contributed by atoms with van der Waals surface area (Å²) in [5.41, 5.74) is 7.25. The van der Waals surface area contributed by atoms with Crippen LogP contribution in [0.2, 0.25) is 0 Å². The second-order valence-corrected chi connectivity index (χ2v) is 5.44. The molecule has 1 heterocycles. The van der Waals surface area contributed by atoms with E-state index in [0.29, 0.717) is 5.92 Å². The molecule has 0 aliphatic carbocycles. The van der Waals surface area contributed by atoms with Crippen molar-refractivity contribution < 1.29 is 9.13 Å². The summed E-state index contributed by atoms with van der Waals surface area (Å²) in [6.45, 7) is 1.60. The van der Waals surface area contributed by atoms with Crippen molar-refractivity contribution in [2.24, 2.45) is 11.7 Å². The zero-order chi connectivity index (χ0) is 12.3. The highest BCUT2D eigenvalue weighted by Gasteiger charge is 2.21. The number of nitrogens with two attached hydrogens (primary N) is 1. The zero-order valence-corrected chi connectivity index (χ0v) is 11.2. The van der Waals surface area contributed by atoms with Gasteiger partial charge >= 0.3 is 0 Å². The number of hydrogen-bond acceptors (Lipinski definition) is 2. The van der Waals surface area contributed by atoms with Gasteiger partial charge in [-0.2, -0.15) is 0 Å². The average molecular weight is 302 g/mol. The largest absolute Gasteiger partial charge is 0.381 e. The number of halogens is 2. The van der Waals surface area contributed by atoms with Crippen LogP contribution in [0.3, 0.4) is 0 Å². The summed E-state index contributed by atoms with van der Waals surface area (Å²) in [6.07, 6.45) is 2.97. The second-order valence-electron chi connectivity index (χ2n) is 4.58. The molecule has 1 aromatic carbocycles. The first kappa shape index (κ1) is 13.0. The molecule has 2 atom stereocenters. The quantitative estimate of drug-likeness (QED) is 0.932. The van der Waals surface area contributed by atoms with Crippen molar-refractivity contribution in [3.8, 4) is 0 Å². The van der Waals surface area contributed by atoms with Gasteiger partial charge in [-0.05, 0) is 42.9 Å². The van der Waals surface area contributed by atoms with Crippen molar-refractivity contribution in [1.82, 2.24) is 0 Å². The molecule has 0 aromatic heterocycles. The van der Waals surface area contributed by atoms with E-state index in [1.165, 1.54) is 12.1 Å². The lowest BCUT2D eigenvalue weighted by molar-refractivity contribution is 0.0450. The van der Waals surface area contributed by atoms with Crippen molar-refractivity contribution in [3.63, 3.8) is 0 Å². The molecule has 2 rings (SSSR count). The molecule has 0 bridgehead atoms. The molecule has 1 saturated heterocycles. The van der Waals surface area contributed by atoms with Gasteiger partial charge in [-0.25, -0.2) is 4.39 Å². The Morgan fingerprint density at radius 3 is 3.00 bits per heavy atom. The van der Waals surface area contributed by atoms with Crippen LogP contribution in [0.4, 0.5) is 4.39 Å². The number of benzene rings is 1.